The Kier molecular flexibility index (Phi) is 6.64. The summed E-state index contributed by atoms with van der Waals surface area (Å²) < 4.78 is 32.7. The van der Waals surface area contributed by atoms with Crippen molar-refractivity contribution in [3.8, 4) is 5.75 Å². The highest BCUT2D eigenvalue weighted by Crippen LogP contribution is 2.39. The van der Waals surface area contributed by atoms with Crippen molar-refractivity contribution < 1.29 is 17.9 Å². The molecule has 1 aliphatic heterocycles. The molecule has 0 spiro atoms. The van der Waals surface area contributed by atoms with Crippen molar-refractivity contribution in [3.63, 3.8) is 0 Å². The minimum atomic E-state index is -3.50. The molecule has 0 bridgehead atoms. The van der Waals surface area contributed by atoms with Crippen LogP contribution in [0.2, 0.25) is 0 Å². The number of aryl methyl sites for hydroxylation is 2. The highest BCUT2D eigenvalue weighted by atomic mass is 32.2. The Hall–Kier alpha value is -3.32. The molecule has 184 valence electrons. The number of anilines is 1. The fourth-order valence-corrected chi connectivity index (χ4v) is 5.41. The van der Waals surface area contributed by atoms with Gasteiger partial charge in [-0.25, -0.2) is 8.42 Å². The average Bonchev–Trinajstić information content (AvgIpc) is 2.78. The molecule has 0 radical (unpaired) electrons. The molecule has 35 heavy (non-hydrogen) atoms. The van der Waals surface area contributed by atoms with Crippen LogP contribution in [0.25, 0.3) is 0 Å². The van der Waals surface area contributed by atoms with Crippen molar-refractivity contribution >= 4 is 21.6 Å². The Labute approximate surface area is 208 Å². The molecule has 7 heteroatoms. The summed E-state index contributed by atoms with van der Waals surface area (Å²) in [6, 6.07) is 20.5. The summed E-state index contributed by atoms with van der Waals surface area (Å²) in [4.78, 5) is 13.1. The first-order valence-electron chi connectivity index (χ1n) is 11.7. The van der Waals surface area contributed by atoms with E-state index in [4.69, 9.17) is 4.74 Å². The lowest BCUT2D eigenvalue weighted by Crippen LogP contribution is -2.41. The second-order valence-corrected chi connectivity index (χ2v) is 11.8. The average molecular weight is 493 g/mol. The topological polar surface area (TPSA) is 75.7 Å². The van der Waals surface area contributed by atoms with Crippen LogP contribution in [0.15, 0.2) is 66.7 Å². The van der Waals surface area contributed by atoms with Gasteiger partial charge in [0.25, 0.3) is 5.91 Å². The molecule has 0 unspecified atom stereocenters. The zero-order valence-corrected chi connectivity index (χ0v) is 21.6. The number of sulfonamides is 1. The molecule has 3 aromatic rings. The third-order valence-electron chi connectivity index (χ3n) is 6.26. The van der Waals surface area contributed by atoms with Gasteiger partial charge in [-0.1, -0.05) is 42.5 Å². The van der Waals surface area contributed by atoms with Crippen LogP contribution in [-0.4, -0.2) is 26.2 Å². The van der Waals surface area contributed by atoms with E-state index in [2.05, 4.69) is 5.32 Å². The van der Waals surface area contributed by atoms with E-state index < -0.39 is 10.0 Å². The number of fused-ring (bicyclic) bond motifs is 1. The van der Waals surface area contributed by atoms with Crippen LogP contribution in [0.5, 0.6) is 5.75 Å². The molecule has 0 aromatic heterocycles. The van der Waals surface area contributed by atoms with Crippen molar-refractivity contribution in [2.45, 2.75) is 52.3 Å². The summed E-state index contributed by atoms with van der Waals surface area (Å²) in [6.07, 6.45) is 1.87. The number of ether oxygens (including phenoxy) is 1. The van der Waals surface area contributed by atoms with Gasteiger partial charge in [0, 0.05) is 17.5 Å². The van der Waals surface area contributed by atoms with Gasteiger partial charge >= 0.3 is 0 Å². The van der Waals surface area contributed by atoms with Crippen LogP contribution in [0.3, 0.4) is 0 Å². The van der Waals surface area contributed by atoms with Gasteiger partial charge in [0.05, 0.1) is 24.5 Å². The van der Waals surface area contributed by atoms with Crippen LogP contribution in [-0.2, 0) is 16.6 Å². The summed E-state index contributed by atoms with van der Waals surface area (Å²) in [5.41, 5.74) is 4.43. The number of hydrogen-bond donors (Lipinski definition) is 1. The molecule has 0 aliphatic carbocycles. The zero-order chi connectivity index (χ0) is 25.4. The van der Waals surface area contributed by atoms with E-state index in [1.165, 1.54) is 10.6 Å². The summed E-state index contributed by atoms with van der Waals surface area (Å²) >= 11 is 0. The van der Waals surface area contributed by atoms with Crippen molar-refractivity contribution in [2.24, 2.45) is 0 Å². The van der Waals surface area contributed by atoms with Crippen molar-refractivity contribution in [2.75, 3.05) is 10.6 Å². The van der Waals surface area contributed by atoms with Gasteiger partial charge in [0.1, 0.15) is 11.4 Å². The largest absolute Gasteiger partial charge is 0.487 e. The molecule has 3 aromatic carbocycles. The minimum Gasteiger partial charge on any atom is -0.487 e. The smallest absolute Gasteiger partial charge is 0.251 e. The SMILES string of the molecule is Cc1ccc(C)c(N(Cc2ccc(C(=O)N[C@@H]3CC(C)(C)Oc4ccccc43)cc2)S(C)(=O)=O)c1. The maximum Gasteiger partial charge on any atom is 0.251 e. The van der Waals surface area contributed by atoms with Gasteiger partial charge in [0.15, 0.2) is 0 Å². The maximum atomic E-state index is 13.1. The number of hydrogen-bond acceptors (Lipinski definition) is 4. The molecule has 1 atom stereocenters. The standard InChI is InChI=1S/C28H32N2O4S/c1-19-10-11-20(2)25(16-19)30(35(5,32)33)18-21-12-14-22(15-13-21)27(31)29-24-17-28(3,4)34-26-9-7-6-8-23(24)26/h6-16,24H,17-18H2,1-5H3,(H,29,31)/t24-/m1/s1. The highest BCUT2D eigenvalue weighted by Gasteiger charge is 2.34. The number of para-hydroxylation sites is 1. The monoisotopic (exact) mass is 492 g/mol. The molecule has 6 nitrogen and oxygen atoms in total. The zero-order valence-electron chi connectivity index (χ0n) is 20.8. The van der Waals surface area contributed by atoms with Gasteiger partial charge in [-0.2, -0.15) is 0 Å². The molecule has 4 rings (SSSR count). The first-order chi connectivity index (χ1) is 16.4. The minimum absolute atomic E-state index is 0.160. The van der Waals surface area contributed by atoms with E-state index in [1.807, 2.05) is 70.2 Å². The third kappa shape index (κ3) is 5.68. The van der Waals surface area contributed by atoms with Crippen molar-refractivity contribution in [3.05, 3.63) is 94.5 Å². The van der Waals surface area contributed by atoms with Crippen LogP contribution < -0.4 is 14.4 Å². The lowest BCUT2D eigenvalue weighted by atomic mass is 9.89. The molecule has 0 fully saturated rings. The third-order valence-corrected chi connectivity index (χ3v) is 7.38. The Balaban J connectivity index is 1.53. The molecule has 1 amide bonds. The normalized spacial score (nSPS) is 16.7. The first-order valence-corrected chi connectivity index (χ1v) is 13.5. The second kappa shape index (κ2) is 9.38. The molecular weight excluding hydrogens is 460 g/mol. The van der Waals surface area contributed by atoms with E-state index in [-0.39, 0.29) is 24.1 Å². The molecule has 0 saturated heterocycles. The number of carbonyl (C=O) groups excluding carboxylic acids is 1. The fourth-order valence-electron chi connectivity index (χ4n) is 4.47. The summed E-state index contributed by atoms with van der Waals surface area (Å²) in [6.45, 7) is 8.05. The molecular formula is C28H32N2O4S. The van der Waals surface area contributed by atoms with Crippen molar-refractivity contribution in [1.82, 2.24) is 5.32 Å². The van der Waals surface area contributed by atoms with E-state index >= 15 is 0 Å². The van der Waals surface area contributed by atoms with E-state index in [0.29, 0.717) is 17.7 Å². The van der Waals surface area contributed by atoms with Gasteiger partial charge < -0.3 is 10.1 Å². The number of benzene rings is 3. The maximum absolute atomic E-state index is 13.1. The predicted molar refractivity (Wildman–Crippen MR) is 139 cm³/mol. The van der Waals surface area contributed by atoms with Gasteiger partial charge in [-0.15, -0.1) is 0 Å². The molecule has 0 saturated carbocycles. The second-order valence-electron chi connectivity index (χ2n) is 9.89. The Bertz CT molecular complexity index is 1350. The van der Waals surface area contributed by atoms with E-state index in [1.54, 1.807) is 24.3 Å². The van der Waals surface area contributed by atoms with Crippen LogP contribution in [0.4, 0.5) is 5.69 Å². The van der Waals surface area contributed by atoms with Crippen molar-refractivity contribution in [1.29, 1.82) is 0 Å². The Morgan fingerprint density at radius 1 is 1.06 bits per heavy atom. The van der Waals surface area contributed by atoms with Crippen LogP contribution in [0, 0.1) is 13.8 Å². The Morgan fingerprint density at radius 2 is 1.74 bits per heavy atom. The molecule has 1 aliphatic rings. The number of rotatable bonds is 6. The Morgan fingerprint density at radius 3 is 2.43 bits per heavy atom. The van der Waals surface area contributed by atoms with Gasteiger partial charge in [-0.3, -0.25) is 9.10 Å². The van der Waals surface area contributed by atoms with Gasteiger partial charge in [-0.05, 0) is 68.7 Å². The van der Waals surface area contributed by atoms with Gasteiger partial charge in [0.2, 0.25) is 10.0 Å². The van der Waals surface area contributed by atoms with Crippen LogP contribution in [0.1, 0.15) is 58.9 Å². The number of nitrogens with one attached hydrogen (secondary N) is 1. The van der Waals surface area contributed by atoms with E-state index in [9.17, 15) is 13.2 Å². The lowest BCUT2D eigenvalue weighted by molar-refractivity contribution is 0.0619. The summed E-state index contributed by atoms with van der Waals surface area (Å²) in [7, 11) is -3.50. The number of amides is 1. The van der Waals surface area contributed by atoms with E-state index in [0.717, 1.165) is 28.0 Å². The lowest BCUT2D eigenvalue weighted by Gasteiger charge is -2.37. The van der Waals surface area contributed by atoms with Crippen LogP contribution >= 0.6 is 0 Å². The number of nitrogens with zero attached hydrogens (tertiary/aromatic N) is 1. The fraction of sp³-hybridized carbons (Fsp3) is 0.321. The quantitative estimate of drug-likeness (QED) is 0.507. The summed E-state index contributed by atoms with van der Waals surface area (Å²) in [5.74, 6) is 0.611. The molecule has 1 N–H and O–H groups in total. The molecule has 1 heterocycles. The predicted octanol–water partition coefficient (Wildman–Crippen LogP) is 5.30. The number of carbonyl (C=O) groups is 1. The summed E-state index contributed by atoms with van der Waals surface area (Å²) in [5, 5.41) is 3.15. The first kappa shape index (κ1) is 24.8. The highest BCUT2D eigenvalue weighted by molar-refractivity contribution is 7.92.